The highest BCUT2D eigenvalue weighted by Gasteiger charge is 2.35. The van der Waals surface area contributed by atoms with Crippen LogP contribution in [-0.4, -0.2) is 166 Å². The number of guanidine groups is 3. The number of nitrogens with zero attached hydrogens (tertiary/aromatic N) is 4. The Morgan fingerprint density at radius 2 is 0.819 bits per heavy atom. The molecule has 0 bridgehead atoms. The number of phenolic OH excluding ortho intramolecular Hbond substituents is 1. The Morgan fingerprint density at radius 1 is 0.482 bits per heavy atom. The first kappa shape index (κ1) is 70.3. The molecule has 0 aliphatic heterocycles. The van der Waals surface area contributed by atoms with E-state index >= 15 is 0 Å². The molecule has 31 heteroatoms. The molecule has 0 unspecified atom stereocenters. The Morgan fingerprint density at radius 3 is 1.16 bits per heavy atom. The van der Waals surface area contributed by atoms with Crippen LogP contribution in [-0.2, 0) is 56.0 Å². The smallest absolute Gasteiger partial charge is 0.243 e. The Balaban J connectivity index is 2.62. The fourth-order valence-corrected chi connectivity index (χ4v) is 8.08. The van der Waals surface area contributed by atoms with Gasteiger partial charge in [0.15, 0.2) is 17.9 Å². The number of aliphatic imine (C=N–C) groups is 3. The lowest BCUT2D eigenvalue weighted by Gasteiger charge is -2.29. The lowest BCUT2D eigenvalue weighted by atomic mass is 9.99. The summed E-state index contributed by atoms with van der Waals surface area (Å²) in [5.41, 5.74) is 39.6. The number of hydrogen-bond acceptors (Lipinski definition) is 15. The second kappa shape index (κ2) is 36.6. The second-order valence-electron chi connectivity index (χ2n) is 21.0. The summed E-state index contributed by atoms with van der Waals surface area (Å²) in [5, 5.41) is 40.7. The molecular weight excluding hydrogens is 1080 g/mol. The molecule has 83 heavy (non-hydrogen) atoms. The molecule has 2 aromatic rings. The number of rotatable bonds is 38. The number of aromatic amines is 1. The maximum atomic E-state index is 14.7. The van der Waals surface area contributed by atoms with Crippen LogP contribution in [0.5, 0.6) is 5.75 Å². The number of carbonyl (C=O) groups is 9. The predicted octanol–water partition coefficient (Wildman–Crippen LogP) is -4.83. The van der Waals surface area contributed by atoms with Crippen molar-refractivity contribution in [2.75, 3.05) is 26.2 Å². The zero-order valence-electron chi connectivity index (χ0n) is 48.1. The van der Waals surface area contributed by atoms with E-state index in [1.807, 2.05) is 0 Å². The number of aromatic nitrogens is 2. The van der Waals surface area contributed by atoms with Gasteiger partial charge in [-0.3, -0.25) is 58.1 Å². The number of aliphatic hydroxyl groups excluding tert-OH is 1. The van der Waals surface area contributed by atoms with Crippen molar-refractivity contribution in [3.05, 3.63) is 48.0 Å². The molecule has 1 aromatic heterocycles. The van der Waals surface area contributed by atoms with Crippen molar-refractivity contribution < 1.29 is 53.4 Å². The summed E-state index contributed by atoms with van der Waals surface area (Å²) in [6.45, 7) is 9.67. The normalized spacial score (nSPS) is 14.0. The van der Waals surface area contributed by atoms with E-state index in [0.717, 1.165) is 0 Å². The van der Waals surface area contributed by atoms with E-state index in [9.17, 15) is 53.4 Å². The highest BCUT2D eigenvalue weighted by molar-refractivity contribution is 5.98. The van der Waals surface area contributed by atoms with E-state index in [2.05, 4.69) is 67.5 Å². The standard InChI is InChI=1S/C52H88N20O11/c1-27(2)20-36(46(80)70-37(21-28(3)4)47(81)72-40(25-73)41(53)75)69-44(78)34(11-8-18-62-51(56)57)65-43(77)33(10-7-17-61-50(54)55)67-49(83)39(23-31-24-60-26-64-31)71-45(79)35(12-9-19-63-52(58)59)66-48(82)38(68-42(76)29(5)6)22-30-13-15-32(74)16-14-30/h13-16,24,26-29,33-40,73-74H,7-12,17-23,25H2,1-6H3,(H2,53,75)(H,60,64)(H,65,77)(H,66,82)(H,67,83)(H,68,76)(H,69,78)(H,70,80)(H,71,79)(H,72,81)(H4,54,55,61)(H4,56,57,62)(H4,58,59,63)/t33-,34-,35-,36-,37-,38-,39-,40-/m0/s1. The van der Waals surface area contributed by atoms with Crippen molar-refractivity contribution in [1.82, 2.24) is 52.5 Å². The molecule has 31 nitrogen and oxygen atoms in total. The summed E-state index contributed by atoms with van der Waals surface area (Å²) in [4.78, 5) is 143. The lowest BCUT2D eigenvalue weighted by Crippen LogP contribution is -2.61. The number of benzene rings is 1. The summed E-state index contributed by atoms with van der Waals surface area (Å²) < 4.78 is 0. The van der Waals surface area contributed by atoms with Crippen LogP contribution in [0.4, 0.5) is 0 Å². The molecule has 9 amide bonds. The van der Waals surface area contributed by atoms with Gasteiger partial charge in [0.2, 0.25) is 53.2 Å². The number of aromatic hydroxyl groups is 1. The molecule has 0 aliphatic rings. The summed E-state index contributed by atoms with van der Waals surface area (Å²) in [6.07, 6.45) is 2.64. The van der Waals surface area contributed by atoms with E-state index in [-0.39, 0.29) is 119 Å². The van der Waals surface area contributed by atoms with Gasteiger partial charge in [0, 0.05) is 50.3 Å². The molecule has 0 radical (unpaired) electrons. The average Bonchev–Trinajstić information content (AvgIpc) is 3.92. The van der Waals surface area contributed by atoms with Crippen molar-refractivity contribution in [1.29, 1.82) is 0 Å². The van der Waals surface area contributed by atoms with Gasteiger partial charge in [0.1, 0.15) is 54.1 Å². The molecule has 462 valence electrons. The first-order chi connectivity index (χ1) is 39.1. The van der Waals surface area contributed by atoms with Crippen LogP contribution in [0.15, 0.2) is 51.8 Å². The van der Waals surface area contributed by atoms with Gasteiger partial charge >= 0.3 is 0 Å². The minimum absolute atomic E-state index is 0.00365. The Kier molecular flexibility index (Phi) is 31.0. The molecule has 1 heterocycles. The molecule has 0 saturated heterocycles. The van der Waals surface area contributed by atoms with E-state index in [1.165, 1.54) is 24.7 Å². The molecule has 2 rings (SSSR count). The molecule has 8 atom stereocenters. The van der Waals surface area contributed by atoms with Gasteiger partial charge in [-0.2, -0.15) is 0 Å². The fraction of sp³-hybridized carbons (Fsp3) is 0.596. The number of primary amides is 1. The van der Waals surface area contributed by atoms with Gasteiger partial charge in [-0.1, -0.05) is 53.7 Å². The Bertz CT molecular complexity index is 2510. The lowest BCUT2D eigenvalue weighted by molar-refractivity contribution is -0.136. The summed E-state index contributed by atoms with van der Waals surface area (Å²) in [6, 6.07) is -4.94. The molecule has 0 fully saturated rings. The number of H-pyrrole nitrogens is 1. The van der Waals surface area contributed by atoms with Gasteiger partial charge in [-0.05, 0) is 80.9 Å². The number of imidazole rings is 1. The number of nitrogens with two attached hydrogens (primary N) is 7. The van der Waals surface area contributed by atoms with Gasteiger partial charge in [-0.15, -0.1) is 0 Å². The first-order valence-corrected chi connectivity index (χ1v) is 27.3. The van der Waals surface area contributed by atoms with Crippen molar-refractivity contribution in [2.45, 2.75) is 154 Å². The zero-order valence-corrected chi connectivity index (χ0v) is 48.1. The van der Waals surface area contributed by atoms with Crippen LogP contribution in [0.25, 0.3) is 0 Å². The number of amides is 9. The Labute approximate surface area is 482 Å². The topological polar surface area (TPSA) is 538 Å². The third kappa shape index (κ3) is 28.0. The van der Waals surface area contributed by atoms with E-state index in [1.54, 1.807) is 53.7 Å². The van der Waals surface area contributed by atoms with Crippen LogP contribution in [0.1, 0.15) is 104 Å². The van der Waals surface area contributed by atoms with Crippen LogP contribution in [0, 0.1) is 17.8 Å². The summed E-state index contributed by atoms with van der Waals surface area (Å²) in [5.74, 6) is -8.96. The van der Waals surface area contributed by atoms with Crippen molar-refractivity contribution >= 4 is 71.0 Å². The molecule has 0 spiro atoms. The van der Waals surface area contributed by atoms with Gasteiger partial charge < -0.3 is 97.9 Å². The number of phenols is 1. The summed E-state index contributed by atoms with van der Waals surface area (Å²) in [7, 11) is 0. The third-order valence-corrected chi connectivity index (χ3v) is 12.4. The van der Waals surface area contributed by atoms with Crippen LogP contribution < -0.4 is 82.7 Å². The monoisotopic (exact) mass is 1170 g/mol. The Hall–Kier alpha value is -8.77. The van der Waals surface area contributed by atoms with E-state index in [4.69, 9.17) is 40.1 Å². The molecular formula is C52H88N20O11. The van der Waals surface area contributed by atoms with Crippen LogP contribution in [0.3, 0.4) is 0 Å². The second-order valence-corrected chi connectivity index (χ2v) is 21.0. The van der Waals surface area contributed by atoms with Gasteiger partial charge in [0.25, 0.3) is 0 Å². The average molecular weight is 1170 g/mol. The maximum Gasteiger partial charge on any atom is 0.243 e. The van der Waals surface area contributed by atoms with Crippen LogP contribution in [0.2, 0.25) is 0 Å². The minimum atomic E-state index is -1.48. The molecule has 0 aliphatic carbocycles. The quantitative estimate of drug-likeness (QED) is 0.0170. The van der Waals surface area contributed by atoms with Gasteiger partial charge in [0.05, 0.1) is 12.9 Å². The number of carbonyl (C=O) groups excluding carboxylic acids is 9. The summed E-state index contributed by atoms with van der Waals surface area (Å²) >= 11 is 0. The van der Waals surface area contributed by atoms with Crippen molar-refractivity contribution in [3.8, 4) is 5.75 Å². The first-order valence-electron chi connectivity index (χ1n) is 27.3. The van der Waals surface area contributed by atoms with Crippen molar-refractivity contribution in [2.24, 2.45) is 72.9 Å². The van der Waals surface area contributed by atoms with Crippen LogP contribution >= 0.6 is 0 Å². The highest BCUT2D eigenvalue weighted by Crippen LogP contribution is 2.15. The minimum Gasteiger partial charge on any atom is -0.508 e. The highest BCUT2D eigenvalue weighted by atomic mass is 16.3. The third-order valence-electron chi connectivity index (χ3n) is 12.4. The van der Waals surface area contributed by atoms with E-state index < -0.39 is 114 Å². The molecule has 0 saturated carbocycles. The molecule has 25 N–H and O–H groups in total. The zero-order chi connectivity index (χ0) is 62.3. The predicted molar refractivity (Wildman–Crippen MR) is 309 cm³/mol. The SMILES string of the molecule is CC(C)C[C@H](NC(=O)[C@H](CC(C)C)NC(=O)[C@H](CCCN=C(N)N)NC(=O)[C@H](CCCN=C(N)N)NC(=O)[C@H](Cc1cnc[nH]1)NC(=O)[C@H](CCCN=C(N)N)NC(=O)[C@H](Cc1ccc(O)cc1)NC(=O)C(C)C)C(=O)N[C@@H](CO)C(N)=O. The van der Waals surface area contributed by atoms with Crippen molar-refractivity contribution in [3.63, 3.8) is 0 Å². The fourth-order valence-electron chi connectivity index (χ4n) is 8.08. The largest absolute Gasteiger partial charge is 0.508 e. The van der Waals surface area contributed by atoms with Gasteiger partial charge in [-0.25, -0.2) is 4.98 Å². The number of nitrogens with one attached hydrogen (secondary N) is 9. The maximum absolute atomic E-state index is 14.7. The number of aliphatic hydroxyl groups is 1. The number of hydrogen-bond donors (Lipinski definition) is 18. The van der Waals surface area contributed by atoms with E-state index in [0.29, 0.717) is 11.3 Å². The molecule has 1 aromatic carbocycles.